The molecule has 0 aromatic heterocycles. The molecule has 1 aliphatic heterocycles. The summed E-state index contributed by atoms with van der Waals surface area (Å²) in [5.74, 6) is 0. The lowest BCUT2D eigenvalue weighted by atomic mass is 9.87. The van der Waals surface area contributed by atoms with Crippen LogP contribution in [-0.4, -0.2) is 31.7 Å². The highest BCUT2D eigenvalue weighted by molar-refractivity contribution is 5.46. The first-order valence-electron chi connectivity index (χ1n) is 7.66. The Morgan fingerprint density at radius 2 is 1.95 bits per heavy atom. The van der Waals surface area contributed by atoms with Gasteiger partial charge in [0.25, 0.3) is 0 Å². The summed E-state index contributed by atoms with van der Waals surface area (Å²) >= 11 is 0. The van der Waals surface area contributed by atoms with Gasteiger partial charge in [0.05, 0.1) is 0 Å². The van der Waals surface area contributed by atoms with Crippen molar-refractivity contribution in [3.05, 3.63) is 42.5 Å². The lowest BCUT2D eigenvalue weighted by Crippen LogP contribution is -2.57. The fourth-order valence-corrected chi connectivity index (χ4v) is 2.87. The van der Waals surface area contributed by atoms with Crippen LogP contribution in [0.15, 0.2) is 42.5 Å². The summed E-state index contributed by atoms with van der Waals surface area (Å²) in [5.41, 5.74) is 7.50. The molecule has 0 spiro atoms. The Kier molecular flexibility index (Phi) is 5.62. The molecule has 110 valence electrons. The van der Waals surface area contributed by atoms with Gasteiger partial charge >= 0.3 is 0 Å². The molecular formula is C17H27N3. The van der Waals surface area contributed by atoms with E-state index in [1.54, 1.807) is 0 Å². The molecule has 1 heterocycles. The third-order valence-electron chi connectivity index (χ3n) is 4.28. The minimum atomic E-state index is 0.132. The highest BCUT2D eigenvalue weighted by atomic mass is 15.2. The van der Waals surface area contributed by atoms with Gasteiger partial charge in [-0.05, 0) is 44.9 Å². The molecule has 1 aliphatic rings. The molecule has 2 rings (SSSR count). The highest BCUT2D eigenvalue weighted by Crippen LogP contribution is 2.25. The summed E-state index contributed by atoms with van der Waals surface area (Å²) < 4.78 is 0. The van der Waals surface area contributed by atoms with Gasteiger partial charge in [-0.15, -0.1) is 0 Å². The molecule has 0 radical (unpaired) electrons. The number of hydrogen-bond acceptors (Lipinski definition) is 3. The molecule has 0 saturated carbocycles. The third-order valence-corrected chi connectivity index (χ3v) is 4.28. The molecule has 0 atom stereocenters. The summed E-state index contributed by atoms with van der Waals surface area (Å²) in [6.07, 6.45) is 7.63. The van der Waals surface area contributed by atoms with E-state index >= 15 is 0 Å². The predicted molar refractivity (Wildman–Crippen MR) is 87.1 cm³/mol. The van der Waals surface area contributed by atoms with Crippen molar-refractivity contribution in [3.8, 4) is 0 Å². The van der Waals surface area contributed by atoms with Gasteiger partial charge in [-0.3, -0.25) is 0 Å². The van der Waals surface area contributed by atoms with Crippen molar-refractivity contribution < 1.29 is 0 Å². The molecule has 20 heavy (non-hydrogen) atoms. The number of anilines is 1. The number of rotatable bonds is 6. The number of nitrogens with one attached hydrogen (secondary N) is 1. The normalized spacial score (nSPS) is 18.6. The number of para-hydroxylation sites is 1. The number of nitrogens with zero attached hydrogens (tertiary/aromatic N) is 1. The first-order chi connectivity index (χ1) is 9.79. The monoisotopic (exact) mass is 273 g/mol. The average molecular weight is 273 g/mol. The minimum Gasteiger partial charge on any atom is -0.371 e. The smallest absolute Gasteiger partial charge is 0.0366 e. The van der Waals surface area contributed by atoms with Gasteiger partial charge in [0, 0.05) is 30.9 Å². The summed E-state index contributed by atoms with van der Waals surface area (Å²) in [6.45, 7) is 5.98. The number of nitrogens with two attached hydrogens (primary N) is 1. The molecule has 3 heteroatoms. The maximum absolute atomic E-state index is 6.04. The van der Waals surface area contributed by atoms with E-state index < -0.39 is 0 Å². The van der Waals surface area contributed by atoms with Crippen LogP contribution < -0.4 is 16.0 Å². The fourth-order valence-electron chi connectivity index (χ4n) is 2.87. The van der Waals surface area contributed by atoms with Crippen LogP contribution in [0.4, 0.5) is 5.69 Å². The van der Waals surface area contributed by atoms with Crippen LogP contribution in [0, 0.1) is 0 Å². The quantitative estimate of drug-likeness (QED) is 0.618. The molecule has 0 aliphatic carbocycles. The zero-order valence-electron chi connectivity index (χ0n) is 12.5. The molecular weight excluding hydrogens is 246 g/mol. The lowest BCUT2D eigenvalue weighted by molar-refractivity contribution is 0.269. The van der Waals surface area contributed by atoms with Crippen molar-refractivity contribution in [1.82, 2.24) is 5.32 Å². The van der Waals surface area contributed by atoms with Gasteiger partial charge in [0.2, 0.25) is 0 Å². The molecule has 0 unspecified atom stereocenters. The van der Waals surface area contributed by atoms with E-state index in [0.717, 1.165) is 45.4 Å². The molecule has 0 bridgehead atoms. The van der Waals surface area contributed by atoms with Crippen LogP contribution in [0.2, 0.25) is 0 Å². The van der Waals surface area contributed by atoms with Crippen molar-refractivity contribution in [2.45, 2.75) is 31.7 Å². The van der Waals surface area contributed by atoms with Gasteiger partial charge < -0.3 is 16.0 Å². The molecule has 3 nitrogen and oxygen atoms in total. The topological polar surface area (TPSA) is 41.3 Å². The lowest BCUT2D eigenvalue weighted by Gasteiger charge is -2.43. The van der Waals surface area contributed by atoms with Crippen LogP contribution in [0.25, 0.3) is 0 Å². The number of piperidine rings is 1. The third kappa shape index (κ3) is 3.84. The van der Waals surface area contributed by atoms with E-state index in [1.807, 2.05) is 0 Å². The summed E-state index contributed by atoms with van der Waals surface area (Å²) in [5, 5.41) is 3.69. The molecule has 3 N–H and O–H groups in total. The highest BCUT2D eigenvalue weighted by Gasteiger charge is 2.32. The van der Waals surface area contributed by atoms with E-state index in [-0.39, 0.29) is 5.54 Å². The fraction of sp³-hybridized carbons (Fsp3) is 0.529. The Hall–Kier alpha value is -1.32. The molecule has 1 aromatic carbocycles. The van der Waals surface area contributed by atoms with Crippen molar-refractivity contribution in [3.63, 3.8) is 0 Å². The van der Waals surface area contributed by atoms with Crippen molar-refractivity contribution >= 4 is 5.69 Å². The van der Waals surface area contributed by atoms with Crippen molar-refractivity contribution in [2.75, 3.05) is 31.1 Å². The second-order valence-corrected chi connectivity index (χ2v) is 5.59. The maximum atomic E-state index is 6.04. The van der Waals surface area contributed by atoms with Gasteiger partial charge in [-0.25, -0.2) is 0 Å². The van der Waals surface area contributed by atoms with E-state index in [9.17, 15) is 0 Å². The average Bonchev–Trinajstić information content (AvgIpc) is 2.53. The molecule has 0 amide bonds. The zero-order chi connectivity index (χ0) is 14.3. The summed E-state index contributed by atoms with van der Waals surface area (Å²) in [6, 6.07) is 10.7. The largest absolute Gasteiger partial charge is 0.371 e. The van der Waals surface area contributed by atoms with Gasteiger partial charge in [-0.2, -0.15) is 0 Å². The van der Waals surface area contributed by atoms with Crippen LogP contribution in [0.1, 0.15) is 26.2 Å². The SMILES string of the molecule is C/C=C/CCNC1(CN)CCN(c2ccccc2)CC1. The van der Waals surface area contributed by atoms with Crippen LogP contribution in [0.3, 0.4) is 0 Å². The van der Waals surface area contributed by atoms with Crippen LogP contribution in [-0.2, 0) is 0 Å². The number of hydrogen-bond donors (Lipinski definition) is 2. The van der Waals surface area contributed by atoms with Gasteiger partial charge in [0.15, 0.2) is 0 Å². The summed E-state index contributed by atoms with van der Waals surface area (Å²) in [4.78, 5) is 2.46. The standard InChI is InChI=1S/C17H27N3/c1-2-3-7-12-19-17(15-18)10-13-20(14-11-17)16-8-5-4-6-9-16/h2-6,8-9,19H,7,10-15,18H2,1H3/b3-2+. The Morgan fingerprint density at radius 1 is 1.25 bits per heavy atom. The Bertz CT molecular complexity index is 406. The molecule has 1 saturated heterocycles. The van der Waals surface area contributed by atoms with Crippen LogP contribution >= 0.6 is 0 Å². The Morgan fingerprint density at radius 3 is 2.55 bits per heavy atom. The predicted octanol–water partition coefficient (Wildman–Crippen LogP) is 2.54. The minimum absolute atomic E-state index is 0.132. The summed E-state index contributed by atoms with van der Waals surface area (Å²) in [7, 11) is 0. The zero-order valence-corrected chi connectivity index (χ0v) is 12.5. The first-order valence-corrected chi connectivity index (χ1v) is 7.66. The second-order valence-electron chi connectivity index (χ2n) is 5.59. The van der Waals surface area contributed by atoms with Gasteiger partial charge in [0.1, 0.15) is 0 Å². The van der Waals surface area contributed by atoms with Gasteiger partial charge in [-0.1, -0.05) is 30.4 Å². The van der Waals surface area contributed by atoms with Crippen LogP contribution in [0.5, 0.6) is 0 Å². The van der Waals surface area contributed by atoms with Crippen molar-refractivity contribution in [2.24, 2.45) is 5.73 Å². The van der Waals surface area contributed by atoms with E-state index in [0.29, 0.717) is 0 Å². The first kappa shape index (κ1) is 15.1. The van der Waals surface area contributed by atoms with E-state index in [4.69, 9.17) is 5.73 Å². The maximum Gasteiger partial charge on any atom is 0.0366 e. The Balaban J connectivity index is 1.87. The second kappa shape index (κ2) is 7.46. The molecule has 1 fully saturated rings. The van der Waals surface area contributed by atoms with E-state index in [2.05, 4.69) is 59.6 Å². The number of allylic oxidation sites excluding steroid dienone is 1. The molecule has 1 aromatic rings. The Labute approximate surface area is 122 Å². The van der Waals surface area contributed by atoms with E-state index in [1.165, 1.54) is 5.69 Å². The van der Waals surface area contributed by atoms with Crippen molar-refractivity contribution in [1.29, 1.82) is 0 Å². The number of benzene rings is 1.